The molecule has 1 aromatic carbocycles. The summed E-state index contributed by atoms with van der Waals surface area (Å²) in [6.45, 7) is 0. The lowest BCUT2D eigenvalue weighted by molar-refractivity contribution is 0.586. The normalized spacial score (nSPS) is 10.3. The van der Waals surface area contributed by atoms with E-state index in [0.717, 1.165) is 3.57 Å². The third-order valence-corrected chi connectivity index (χ3v) is 2.53. The number of nitrogens with zero attached hydrogens (tertiary/aromatic N) is 1. The highest BCUT2D eigenvalue weighted by atomic mass is 127. The lowest BCUT2D eigenvalue weighted by Crippen LogP contribution is -1.90. The summed E-state index contributed by atoms with van der Waals surface area (Å²) in [7, 11) is 0. The molecule has 0 aliphatic carbocycles. The van der Waals surface area contributed by atoms with E-state index in [2.05, 4.69) is 4.98 Å². The Balaban J connectivity index is 2.58. The molecule has 0 aliphatic heterocycles. The Hall–Kier alpha value is -1.04. The molecule has 76 valence electrons. The van der Waals surface area contributed by atoms with Crippen molar-refractivity contribution in [2.45, 2.75) is 0 Å². The van der Waals surface area contributed by atoms with Gasteiger partial charge in [0.05, 0.1) is 0 Å². The number of halogens is 3. The van der Waals surface area contributed by atoms with E-state index >= 15 is 0 Å². The van der Waals surface area contributed by atoms with Crippen LogP contribution in [-0.2, 0) is 0 Å². The van der Waals surface area contributed by atoms with Crippen molar-refractivity contribution in [3.8, 4) is 11.1 Å². The average Bonchev–Trinajstić information content (AvgIpc) is 2.22. The first-order valence-electron chi connectivity index (χ1n) is 4.24. The van der Waals surface area contributed by atoms with E-state index in [4.69, 9.17) is 0 Å². The summed E-state index contributed by atoms with van der Waals surface area (Å²) in [5.41, 5.74) is 0.819. The van der Waals surface area contributed by atoms with Crippen molar-refractivity contribution in [2.24, 2.45) is 0 Å². The van der Waals surface area contributed by atoms with Gasteiger partial charge in [-0.3, -0.25) is 0 Å². The summed E-state index contributed by atoms with van der Waals surface area (Å²) in [4.78, 5) is 3.59. The fraction of sp³-hybridized carbons (Fsp3) is 0. The molecule has 0 amide bonds. The molecule has 1 nitrogen and oxygen atoms in total. The maximum atomic E-state index is 13.4. The van der Waals surface area contributed by atoms with Crippen LogP contribution in [0.15, 0.2) is 36.5 Å². The SMILES string of the molecule is Fc1cccc(-c2cc(I)cnc2F)c1. The zero-order valence-electron chi connectivity index (χ0n) is 7.55. The summed E-state index contributed by atoms with van der Waals surface area (Å²) in [6.07, 6.45) is 1.43. The number of pyridine rings is 1. The molecular formula is C11H6F2IN. The summed E-state index contributed by atoms with van der Waals surface area (Å²) in [5.74, 6) is -0.966. The maximum Gasteiger partial charge on any atom is 0.220 e. The van der Waals surface area contributed by atoms with Gasteiger partial charge >= 0.3 is 0 Å². The molecule has 0 atom stereocenters. The van der Waals surface area contributed by atoms with Gasteiger partial charge in [0.15, 0.2) is 0 Å². The molecular weight excluding hydrogens is 311 g/mol. The minimum absolute atomic E-state index is 0.321. The zero-order chi connectivity index (χ0) is 10.8. The Kier molecular flexibility index (Phi) is 2.95. The second-order valence-corrected chi connectivity index (χ2v) is 4.25. The number of rotatable bonds is 1. The fourth-order valence-corrected chi connectivity index (χ4v) is 1.73. The molecule has 1 aromatic heterocycles. The van der Waals surface area contributed by atoms with Gasteiger partial charge in [0.2, 0.25) is 5.95 Å². The van der Waals surface area contributed by atoms with Crippen molar-refractivity contribution in [2.75, 3.05) is 0 Å². The highest BCUT2D eigenvalue weighted by Gasteiger charge is 2.07. The van der Waals surface area contributed by atoms with E-state index in [0.29, 0.717) is 11.1 Å². The monoisotopic (exact) mass is 317 g/mol. The van der Waals surface area contributed by atoms with Crippen LogP contribution in [0, 0.1) is 15.3 Å². The third-order valence-electron chi connectivity index (χ3n) is 1.94. The van der Waals surface area contributed by atoms with E-state index in [1.165, 1.54) is 18.3 Å². The number of hydrogen-bond acceptors (Lipinski definition) is 1. The molecule has 0 spiro atoms. The minimum atomic E-state index is -0.582. The van der Waals surface area contributed by atoms with Gasteiger partial charge in [0.1, 0.15) is 5.82 Å². The molecule has 0 fully saturated rings. The van der Waals surface area contributed by atoms with Gasteiger partial charge in [-0.15, -0.1) is 0 Å². The molecule has 2 aromatic rings. The lowest BCUT2D eigenvalue weighted by Gasteiger charge is -2.03. The summed E-state index contributed by atoms with van der Waals surface area (Å²) in [5, 5.41) is 0. The van der Waals surface area contributed by atoms with Crippen LogP contribution in [0.25, 0.3) is 11.1 Å². The van der Waals surface area contributed by atoms with Crippen LogP contribution in [0.1, 0.15) is 0 Å². The maximum absolute atomic E-state index is 13.4. The second kappa shape index (κ2) is 4.22. The van der Waals surface area contributed by atoms with Crippen LogP contribution in [0.2, 0.25) is 0 Å². The van der Waals surface area contributed by atoms with Crippen molar-refractivity contribution in [1.29, 1.82) is 0 Å². The lowest BCUT2D eigenvalue weighted by atomic mass is 10.1. The molecule has 0 aliphatic rings. The predicted octanol–water partition coefficient (Wildman–Crippen LogP) is 3.63. The van der Waals surface area contributed by atoms with E-state index in [1.54, 1.807) is 18.2 Å². The number of benzene rings is 1. The zero-order valence-corrected chi connectivity index (χ0v) is 9.70. The molecule has 15 heavy (non-hydrogen) atoms. The Labute approximate surface area is 99.3 Å². The van der Waals surface area contributed by atoms with Gasteiger partial charge in [-0.25, -0.2) is 9.37 Å². The fourth-order valence-electron chi connectivity index (χ4n) is 1.28. The largest absolute Gasteiger partial charge is 0.227 e. The highest BCUT2D eigenvalue weighted by molar-refractivity contribution is 14.1. The van der Waals surface area contributed by atoms with Crippen LogP contribution in [-0.4, -0.2) is 4.98 Å². The molecule has 0 bridgehead atoms. The first-order valence-corrected chi connectivity index (χ1v) is 5.31. The number of hydrogen-bond donors (Lipinski definition) is 0. The summed E-state index contributed by atoms with van der Waals surface area (Å²) >= 11 is 2.03. The first kappa shape index (κ1) is 10.5. The van der Waals surface area contributed by atoms with Crippen molar-refractivity contribution >= 4 is 22.6 Å². The van der Waals surface area contributed by atoms with Crippen LogP contribution < -0.4 is 0 Å². The van der Waals surface area contributed by atoms with Crippen molar-refractivity contribution in [3.05, 3.63) is 51.9 Å². The molecule has 0 saturated carbocycles. The Morgan fingerprint density at radius 3 is 2.67 bits per heavy atom. The van der Waals surface area contributed by atoms with E-state index in [9.17, 15) is 8.78 Å². The topological polar surface area (TPSA) is 12.9 Å². The molecule has 4 heteroatoms. The van der Waals surface area contributed by atoms with Gasteiger partial charge < -0.3 is 0 Å². The van der Waals surface area contributed by atoms with Gasteiger partial charge in [0.25, 0.3) is 0 Å². The number of aromatic nitrogens is 1. The molecule has 0 saturated heterocycles. The Morgan fingerprint density at radius 1 is 1.13 bits per heavy atom. The van der Waals surface area contributed by atoms with Gasteiger partial charge in [-0.05, 0) is 46.4 Å². The van der Waals surface area contributed by atoms with Gasteiger partial charge in [-0.1, -0.05) is 12.1 Å². The molecule has 2 rings (SSSR count). The van der Waals surface area contributed by atoms with Crippen LogP contribution in [0.4, 0.5) is 8.78 Å². The quantitative estimate of drug-likeness (QED) is 0.578. The van der Waals surface area contributed by atoms with Crippen LogP contribution in [0.3, 0.4) is 0 Å². The molecule has 0 N–H and O–H groups in total. The van der Waals surface area contributed by atoms with Crippen LogP contribution in [0.5, 0.6) is 0 Å². The molecule has 0 radical (unpaired) electrons. The van der Waals surface area contributed by atoms with Crippen molar-refractivity contribution < 1.29 is 8.78 Å². The summed E-state index contributed by atoms with van der Waals surface area (Å²) in [6, 6.07) is 7.44. The average molecular weight is 317 g/mol. The minimum Gasteiger partial charge on any atom is -0.227 e. The van der Waals surface area contributed by atoms with Gasteiger partial charge in [-0.2, -0.15) is 4.39 Å². The smallest absolute Gasteiger partial charge is 0.220 e. The Morgan fingerprint density at radius 2 is 1.93 bits per heavy atom. The Bertz CT molecular complexity index is 500. The second-order valence-electron chi connectivity index (χ2n) is 3.00. The van der Waals surface area contributed by atoms with Crippen molar-refractivity contribution in [3.63, 3.8) is 0 Å². The van der Waals surface area contributed by atoms with Crippen LogP contribution >= 0.6 is 22.6 Å². The van der Waals surface area contributed by atoms with E-state index in [-0.39, 0.29) is 5.82 Å². The van der Waals surface area contributed by atoms with E-state index < -0.39 is 5.95 Å². The van der Waals surface area contributed by atoms with Gasteiger partial charge in [0, 0.05) is 15.3 Å². The third kappa shape index (κ3) is 2.31. The first-order chi connectivity index (χ1) is 7.16. The predicted molar refractivity (Wildman–Crippen MR) is 62.3 cm³/mol. The molecule has 0 unspecified atom stereocenters. The van der Waals surface area contributed by atoms with E-state index in [1.807, 2.05) is 22.6 Å². The molecule has 1 heterocycles. The van der Waals surface area contributed by atoms with Crippen molar-refractivity contribution in [1.82, 2.24) is 4.98 Å². The summed E-state index contributed by atoms with van der Waals surface area (Å²) < 4.78 is 27.1. The standard InChI is InChI=1S/C11H6F2IN/c12-8-3-1-2-7(4-8)10-5-9(14)6-15-11(10)13/h1-6H. The highest BCUT2D eigenvalue weighted by Crippen LogP contribution is 2.23.